The summed E-state index contributed by atoms with van der Waals surface area (Å²) in [6.45, 7) is 4.51. The molecule has 0 fully saturated rings. The number of aryl methyl sites for hydroxylation is 1. The van der Waals surface area contributed by atoms with Crippen molar-refractivity contribution in [2.75, 3.05) is 35.8 Å². The van der Waals surface area contributed by atoms with Crippen LogP contribution in [0.5, 0.6) is 11.5 Å². The Bertz CT molecular complexity index is 2320. The molecule has 0 saturated carbocycles. The van der Waals surface area contributed by atoms with E-state index in [1.54, 1.807) is 59.3 Å². The van der Waals surface area contributed by atoms with E-state index in [2.05, 4.69) is 33.6 Å². The fourth-order valence-corrected chi connectivity index (χ4v) is 7.54. The third kappa shape index (κ3) is 7.85. The van der Waals surface area contributed by atoms with Gasteiger partial charge in [-0.25, -0.2) is 0 Å². The van der Waals surface area contributed by atoms with Gasteiger partial charge in [-0.2, -0.15) is 12.6 Å². The van der Waals surface area contributed by atoms with Gasteiger partial charge in [-0.05, 0) is 73.7 Å². The molecule has 0 bridgehead atoms. The first-order valence-corrected chi connectivity index (χ1v) is 18.8. The number of aliphatic imine (C=N–C) groups is 1. The smallest absolute Gasteiger partial charge is 0.272 e. The summed E-state index contributed by atoms with van der Waals surface area (Å²) in [6, 6.07) is 20.0. The number of hydrogen-bond donors (Lipinski definition) is 4. The van der Waals surface area contributed by atoms with Gasteiger partial charge in [0.05, 0.1) is 41.6 Å². The maximum absolute atomic E-state index is 13.7. The fourth-order valence-electron chi connectivity index (χ4n) is 6.50. The number of methoxy groups -OCH3 is 1. The Kier molecular flexibility index (Phi) is 10.2. The highest BCUT2D eigenvalue weighted by atomic mass is 32.1. The molecule has 4 heterocycles. The van der Waals surface area contributed by atoms with Crippen LogP contribution in [0.2, 0.25) is 0 Å². The largest absolute Gasteiger partial charge is 0.493 e. The Morgan fingerprint density at radius 2 is 1.81 bits per heavy atom. The zero-order chi connectivity index (χ0) is 38.1. The summed E-state index contributed by atoms with van der Waals surface area (Å²) in [6.07, 6.45) is 4.75. The zero-order valence-electron chi connectivity index (χ0n) is 30.3. The van der Waals surface area contributed by atoms with Gasteiger partial charge in [-0.3, -0.25) is 29.1 Å². The number of thiophene rings is 1. The van der Waals surface area contributed by atoms with Crippen molar-refractivity contribution in [3.63, 3.8) is 0 Å². The van der Waals surface area contributed by atoms with Gasteiger partial charge in [0.15, 0.2) is 11.5 Å². The van der Waals surface area contributed by atoms with Crippen LogP contribution in [0.15, 0.2) is 77.9 Å². The zero-order valence-corrected chi connectivity index (χ0v) is 32.0. The van der Waals surface area contributed by atoms with Crippen molar-refractivity contribution in [1.29, 1.82) is 0 Å². The van der Waals surface area contributed by atoms with Gasteiger partial charge in [0, 0.05) is 65.7 Å². The molecular formula is C40H40N6O6S2. The van der Waals surface area contributed by atoms with Gasteiger partial charge in [-0.1, -0.05) is 18.2 Å². The van der Waals surface area contributed by atoms with E-state index in [4.69, 9.17) is 9.47 Å². The summed E-state index contributed by atoms with van der Waals surface area (Å²) in [5.74, 6) is -0.0606. The van der Waals surface area contributed by atoms with E-state index < -0.39 is 0 Å². The van der Waals surface area contributed by atoms with Gasteiger partial charge in [0.1, 0.15) is 5.69 Å². The lowest BCUT2D eigenvalue weighted by atomic mass is 10.1. The summed E-state index contributed by atoms with van der Waals surface area (Å²) in [5, 5.41) is 9.51. The second-order valence-corrected chi connectivity index (χ2v) is 16.2. The number of thiol groups is 1. The average molecular weight is 765 g/mol. The number of nitrogens with one attached hydrogen (secondary N) is 3. The van der Waals surface area contributed by atoms with Crippen molar-refractivity contribution in [1.82, 2.24) is 9.88 Å². The molecule has 0 spiro atoms. The molecule has 278 valence electrons. The van der Waals surface area contributed by atoms with E-state index in [1.165, 1.54) is 18.4 Å². The number of aromatic nitrogens is 1. The van der Waals surface area contributed by atoms with E-state index in [-0.39, 0.29) is 47.4 Å². The molecule has 0 aliphatic carbocycles. The summed E-state index contributed by atoms with van der Waals surface area (Å²) in [4.78, 5) is 59.4. The molecule has 3 aromatic carbocycles. The lowest BCUT2D eigenvalue weighted by molar-refractivity contribution is -0.116. The lowest BCUT2D eigenvalue weighted by Crippen LogP contribution is -2.37. The summed E-state index contributed by atoms with van der Waals surface area (Å²) in [7, 11) is 3.24. The Balaban J connectivity index is 0.920. The predicted molar refractivity (Wildman–Crippen MR) is 216 cm³/mol. The van der Waals surface area contributed by atoms with Crippen LogP contribution in [-0.4, -0.2) is 65.5 Å². The van der Waals surface area contributed by atoms with Crippen LogP contribution in [0.1, 0.15) is 62.8 Å². The number of rotatable bonds is 12. The van der Waals surface area contributed by atoms with Crippen molar-refractivity contribution in [2.45, 2.75) is 43.9 Å². The molecule has 7 rings (SSSR count). The molecule has 4 amide bonds. The maximum Gasteiger partial charge on any atom is 0.272 e. The van der Waals surface area contributed by atoms with Crippen LogP contribution in [0.3, 0.4) is 0 Å². The highest BCUT2D eigenvalue weighted by molar-refractivity contribution is 7.81. The maximum atomic E-state index is 13.7. The lowest BCUT2D eigenvalue weighted by Gasteiger charge is -2.22. The molecule has 5 aromatic rings. The Hall–Kier alpha value is -5.60. The first-order chi connectivity index (χ1) is 25.9. The number of benzene rings is 3. The number of anilines is 3. The monoisotopic (exact) mass is 764 g/mol. The minimum atomic E-state index is -0.346. The molecule has 2 aliphatic heterocycles. The molecule has 54 heavy (non-hydrogen) atoms. The van der Waals surface area contributed by atoms with Crippen molar-refractivity contribution in [3.8, 4) is 11.5 Å². The molecular weight excluding hydrogens is 725 g/mol. The SMILES string of the molecule is COc1cc2c(cc1OCCCC(=O)Nc1cc(C(=O)Nc3ccc4sc(C(=O)NCC(C)(C)S)cc4c3)n(C)c1)N=C[C@@H]1Cc3ccccc3N1C2=O. The van der Waals surface area contributed by atoms with Crippen LogP contribution in [0, 0.1) is 0 Å². The Morgan fingerprint density at radius 1 is 1.00 bits per heavy atom. The minimum absolute atomic E-state index is 0.147. The van der Waals surface area contributed by atoms with Gasteiger partial charge in [-0.15, -0.1) is 11.3 Å². The number of nitrogens with zero attached hydrogens (tertiary/aromatic N) is 3. The van der Waals surface area contributed by atoms with Crippen LogP contribution >= 0.6 is 24.0 Å². The first-order valence-electron chi connectivity index (χ1n) is 17.5. The quantitative estimate of drug-likeness (QED) is 0.0795. The van der Waals surface area contributed by atoms with Crippen molar-refractivity contribution in [2.24, 2.45) is 12.0 Å². The van der Waals surface area contributed by atoms with Crippen LogP contribution in [-0.2, 0) is 18.3 Å². The number of hydrogen-bond acceptors (Lipinski definition) is 9. The van der Waals surface area contributed by atoms with E-state index >= 15 is 0 Å². The Labute approximate surface area is 322 Å². The molecule has 14 heteroatoms. The van der Waals surface area contributed by atoms with Crippen molar-refractivity contribution in [3.05, 3.63) is 94.6 Å². The molecule has 2 aliphatic rings. The van der Waals surface area contributed by atoms with Crippen molar-refractivity contribution < 1.29 is 28.7 Å². The summed E-state index contributed by atoms with van der Waals surface area (Å²) >= 11 is 5.84. The van der Waals surface area contributed by atoms with E-state index in [9.17, 15) is 19.2 Å². The van der Waals surface area contributed by atoms with E-state index in [0.717, 1.165) is 21.3 Å². The number of ether oxygens (including phenoxy) is 2. The molecule has 0 radical (unpaired) electrons. The van der Waals surface area contributed by atoms with Crippen LogP contribution in [0.25, 0.3) is 10.1 Å². The normalized spacial score (nSPS) is 14.6. The fraction of sp³-hybridized carbons (Fsp3) is 0.275. The van der Waals surface area contributed by atoms with E-state index in [0.29, 0.717) is 64.1 Å². The van der Waals surface area contributed by atoms with Crippen LogP contribution in [0.4, 0.5) is 22.7 Å². The van der Waals surface area contributed by atoms with Crippen molar-refractivity contribution >= 4 is 86.6 Å². The second kappa shape index (κ2) is 15.0. The Morgan fingerprint density at radius 3 is 2.61 bits per heavy atom. The summed E-state index contributed by atoms with van der Waals surface area (Å²) < 4.78 is 13.8. The number of amides is 4. The third-order valence-electron chi connectivity index (χ3n) is 9.14. The van der Waals surface area contributed by atoms with Crippen LogP contribution < -0.4 is 30.3 Å². The molecule has 0 unspecified atom stereocenters. The highest BCUT2D eigenvalue weighted by Gasteiger charge is 2.36. The average Bonchev–Trinajstić information content (AvgIpc) is 3.82. The number of carbonyl (C=O) groups excluding carboxylic acids is 4. The van der Waals surface area contributed by atoms with E-state index in [1.807, 2.05) is 50.2 Å². The minimum Gasteiger partial charge on any atom is -0.493 e. The molecule has 3 N–H and O–H groups in total. The molecule has 1 atom stereocenters. The number of carbonyl (C=O) groups is 4. The standard InChI is InChI=1S/C40H40N6O6S2/c1-40(2,53)22-42-38(49)35-16-24-14-25(11-12-34(24)54-35)44-37(48)31-17-26(21-45(31)3)43-36(47)10-7-13-52-33-19-29-28(18-32(33)51-4)39(50)46-27(20-41-29)15-23-8-5-6-9-30(23)46/h5-6,8-9,11-12,14,16-21,27,53H,7,10,13,15,22H2,1-4H3,(H,42,49)(H,43,47)(H,44,48)/t27-/m0/s1. The predicted octanol–water partition coefficient (Wildman–Crippen LogP) is 7.02. The summed E-state index contributed by atoms with van der Waals surface area (Å²) in [5.41, 5.74) is 4.35. The molecule has 0 saturated heterocycles. The van der Waals surface area contributed by atoms with Gasteiger partial charge in [0.2, 0.25) is 5.91 Å². The second-order valence-electron chi connectivity index (χ2n) is 13.9. The van der Waals surface area contributed by atoms with Gasteiger partial charge < -0.3 is 30.0 Å². The topological polar surface area (TPSA) is 143 Å². The number of fused-ring (bicyclic) bond motifs is 5. The molecule has 12 nitrogen and oxygen atoms in total. The first kappa shape index (κ1) is 36.7. The van der Waals surface area contributed by atoms with Gasteiger partial charge >= 0.3 is 0 Å². The van der Waals surface area contributed by atoms with Gasteiger partial charge in [0.25, 0.3) is 17.7 Å². The third-order valence-corrected chi connectivity index (χ3v) is 10.4. The molecule has 2 aromatic heterocycles. The highest BCUT2D eigenvalue weighted by Crippen LogP contribution is 2.41. The number of para-hydroxylation sites is 1.